The summed E-state index contributed by atoms with van der Waals surface area (Å²) in [5.74, 6) is 0.577. The van der Waals surface area contributed by atoms with E-state index < -0.39 is 5.82 Å². The van der Waals surface area contributed by atoms with Crippen LogP contribution in [0.15, 0.2) is 28.9 Å². The summed E-state index contributed by atoms with van der Waals surface area (Å²) in [7, 11) is 0. The Morgan fingerprint density at radius 1 is 1.50 bits per heavy atom. The Bertz CT molecular complexity index is 737. The van der Waals surface area contributed by atoms with Crippen LogP contribution in [0.1, 0.15) is 0 Å². The number of hydrogen-bond donors (Lipinski definition) is 2. The molecule has 2 heterocycles. The van der Waals surface area contributed by atoms with E-state index >= 15 is 0 Å². The van der Waals surface area contributed by atoms with Gasteiger partial charge in [0.2, 0.25) is 5.95 Å². The van der Waals surface area contributed by atoms with Gasteiger partial charge in [0, 0.05) is 25.0 Å². The van der Waals surface area contributed by atoms with E-state index in [9.17, 15) is 9.50 Å². The summed E-state index contributed by atoms with van der Waals surface area (Å²) in [6.45, 7) is 1.66. The number of hydrogen-bond acceptors (Lipinski definition) is 6. The van der Waals surface area contributed by atoms with Crippen molar-refractivity contribution in [2.24, 2.45) is 0 Å². The third-order valence-electron chi connectivity index (χ3n) is 3.54. The quantitative estimate of drug-likeness (QED) is 0.797. The first-order chi connectivity index (χ1) is 11.6. The van der Waals surface area contributed by atoms with Crippen LogP contribution in [0.3, 0.4) is 0 Å². The Hall–Kier alpha value is -1.48. The SMILES string of the molecule is OCC1CN(c2nc(Nc3ccc(F)c(Cl)c3)ncc2Br)CCO1. The summed E-state index contributed by atoms with van der Waals surface area (Å²) in [5, 5.41) is 12.3. The number of aromatic nitrogens is 2. The second-order valence-electron chi connectivity index (χ2n) is 5.24. The van der Waals surface area contributed by atoms with Crippen molar-refractivity contribution in [2.45, 2.75) is 6.10 Å². The third kappa shape index (κ3) is 3.94. The third-order valence-corrected chi connectivity index (χ3v) is 4.39. The Balaban J connectivity index is 1.81. The van der Waals surface area contributed by atoms with Crippen LogP contribution in [0.25, 0.3) is 0 Å². The molecule has 24 heavy (non-hydrogen) atoms. The van der Waals surface area contributed by atoms with E-state index in [-0.39, 0.29) is 17.7 Å². The molecule has 9 heteroatoms. The average Bonchev–Trinajstić information content (AvgIpc) is 2.60. The maximum atomic E-state index is 13.2. The minimum absolute atomic E-state index is 0.0244. The van der Waals surface area contributed by atoms with Crippen LogP contribution in [0.4, 0.5) is 21.8 Å². The highest BCUT2D eigenvalue weighted by Crippen LogP contribution is 2.27. The van der Waals surface area contributed by atoms with Crippen molar-refractivity contribution in [1.29, 1.82) is 0 Å². The summed E-state index contributed by atoms with van der Waals surface area (Å²) in [4.78, 5) is 10.7. The number of rotatable bonds is 4. The lowest BCUT2D eigenvalue weighted by Crippen LogP contribution is -2.44. The fraction of sp³-hybridized carbons (Fsp3) is 0.333. The lowest BCUT2D eigenvalue weighted by molar-refractivity contribution is 0.00332. The predicted molar refractivity (Wildman–Crippen MR) is 93.5 cm³/mol. The zero-order valence-electron chi connectivity index (χ0n) is 12.5. The van der Waals surface area contributed by atoms with Crippen molar-refractivity contribution in [3.63, 3.8) is 0 Å². The predicted octanol–water partition coefficient (Wildman–Crippen LogP) is 2.97. The van der Waals surface area contributed by atoms with E-state index in [0.29, 0.717) is 37.1 Å². The van der Waals surface area contributed by atoms with Gasteiger partial charge in [0.1, 0.15) is 11.6 Å². The van der Waals surface area contributed by atoms with Gasteiger partial charge in [0.25, 0.3) is 0 Å². The van der Waals surface area contributed by atoms with E-state index in [1.54, 1.807) is 12.3 Å². The van der Waals surface area contributed by atoms with Crippen LogP contribution < -0.4 is 10.2 Å². The Morgan fingerprint density at radius 3 is 3.08 bits per heavy atom. The standard InChI is InChI=1S/C15H15BrClFN4O2/c16-11-6-19-15(20-9-1-2-13(18)12(17)5-9)21-14(11)22-3-4-24-10(7-22)8-23/h1-2,5-6,10,23H,3-4,7-8H2,(H,19,20,21). The molecule has 1 aromatic heterocycles. The van der Waals surface area contributed by atoms with Gasteiger partial charge < -0.3 is 20.1 Å². The maximum absolute atomic E-state index is 13.2. The maximum Gasteiger partial charge on any atom is 0.229 e. The van der Waals surface area contributed by atoms with E-state index in [0.717, 1.165) is 4.47 Å². The molecular formula is C15H15BrClFN4O2. The minimum atomic E-state index is -0.483. The molecule has 0 radical (unpaired) electrons. The second kappa shape index (κ2) is 7.60. The molecule has 0 amide bonds. The van der Waals surface area contributed by atoms with Crippen molar-refractivity contribution in [3.8, 4) is 0 Å². The molecule has 2 aromatic rings. The molecule has 0 spiro atoms. The van der Waals surface area contributed by atoms with Crippen molar-refractivity contribution in [1.82, 2.24) is 9.97 Å². The Morgan fingerprint density at radius 2 is 2.33 bits per heavy atom. The molecule has 128 valence electrons. The molecule has 1 aliphatic heterocycles. The largest absolute Gasteiger partial charge is 0.394 e. The van der Waals surface area contributed by atoms with E-state index in [4.69, 9.17) is 16.3 Å². The van der Waals surface area contributed by atoms with Gasteiger partial charge in [-0.2, -0.15) is 4.98 Å². The minimum Gasteiger partial charge on any atom is -0.394 e. The highest BCUT2D eigenvalue weighted by atomic mass is 79.9. The number of nitrogens with one attached hydrogen (secondary N) is 1. The molecule has 6 nitrogen and oxygen atoms in total. The number of nitrogens with zero attached hydrogens (tertiary/aromatic N) is 3. The van der Waals surface area contributed by atoms with Gasteiger partial charge in [-0.25, -0.2) is 9.37 Å². The van der Waals surface area contributed by atoms with Gasteiger partial charge >= 0.3 is 0 Å². The van der Waals surface area contributed by atoms with Crippen LogP contribution in [0.5, 0.6) is 0 Å². The van der Waals surface area contributed by atoms with E-state index in [1.807, 2.05) is 4.90 Å². The van der Waals surface area contributed by atoms with Gasteiger partial charge in [-0.3, -0.25) is 0 Å². The average molecular weight is 418 g/mol. The number of anilines is 3. The highest BCUT2D eigenvalue weighted by Gasteiger charge is 2.23. The first kappa shape index (κ1) is 17.3. The molecule has 1 atom stereocenters. The van der Waals surface area contributed by atoms with Crippen LogP contribution in [0.2, 0.25) is 5.02 Å². The molecule has 0 bridgehead atoms. The van der Waals surface area contributed by atoms with Crippen LogP contribution >= 0.6 is 27.5 Å². The molecule has 1 aliphatic rings. The first-order valence-electron chi connectivity index (χ1n) is 7.29. The molecule has 0 saturated carbocycles. The Labute approximate surface area is 151 Å². The zero-order chi connectivity index (χ0) is 17.1. The number of halogens is 3. The van der Waals surface area contributed by atoms with E-state index in [2.05, 4.69) is 31.2 Å². The Kier molecular flexibility index (Phi) is 5.50. The van der Waals surface area contributed by atoms with Crippen LogP contribution in [-0.2, 0) is 4.74 Å². The topological polar surface area (TPSA) is 70.5 Å². The number of ether oxygens (including phenoxy) is 1. The molecule has 3 rings (SSSR count). The normalized spacial score (nSPS) is 17.8. The molecule has 2 N–H and O–H groups in total. The lowest BCUT2D eigenvalue weighted by atomic mass is 10.3. The number of morpholine rings is 1. The second-order valence-corrected chi connectivity index (χ2v) is 6.50. The molecule has 1 saturated heterocycles. The van der Waals surface area contributed by atoms with Gasteiger partial charge in [0.05, 0.1) is 28.8 Å². The number of aliphatic hydroxyl groups excluding tert-OH is 1. The van der Waals surface area contributed by atoms with Crippen molar-refractivity contribution in [3.05, 3.63) is 39.7 Å². The summed E-state index contributed by atoms with van der Waals surface area (Å²) >= 11 is 9.23. The van der Waals surface area contributed by atoms with Crippen molar-refractivity contribution >= 4 is 45.0 Å². The molecular weight excluding hydrogens is 403 g/mol. The van der Waals surface area contributed by atoms with Crippen molar-refractivity contribution in [2.75, 3.05) is 36.5 Å². The fourth-order valence-corrected chi connectivity index (χ4v) is 2.99. The lowest BCUT2D eigenvalue weighted by Gasteiger charge is -2.33. The summed E-state index contributed by atoms with van der Waals surface area (Å²) in [6.07, 6.45) is 1.40. The molecule has 1 aromatic carbocycles. The summed E-state index contributed by atoms with van der Waals surface area (Å²) in [6, 6.07) is 4.31. The molecule has 1 fully saturated rings. The monoisotopic (exact) mass is 416 g/mol. The first-order valence-corrected chi connectivity index (χ1v) is 8.46. The van der Waals surface area contributed by atoms with Gasteiger partial charge in [-0.1, -0.05) is 11.6 Å². The number of benzene rings is 1. The van der Waals surface area contributed by atoms with Crippen LogP contribution in [-0.4, -0.2) is 47.5 Å². The van der Waals surface area contributed by atoms with Crippen LogP contribution in [0, 0.1) is 5.82 Å². The summed E-state index contributed by atoms with van der Waals surface area (Å²) in [5.41, 5.74) is 0.588. The molecule has 1 unspecified atom stereocenters. The molecule has 0 aliphatic carbocycles. The zero-order valence-corrected chi connectivity index (χ0v) is 14.9. The summed E-state index contributed by atoms with van der Waals surface area (Å²) < 4.78 is 19.4. The fourth-order valence-electron chi connectivity index (χ4n) is 2.37. The van der Waals surface area contributed by atoms with Gasteiger partial charge in [0.15, 0.2) is 0 Å². The van der Waals surface area contributed by atoms with Gasteiger partial charge in [-0.15, -0.1) is 0 Å². The smallest absolute Gasteiger partial charge is 0.229 e. The van der Waals surface area contributed by atoms with Gasteiger partial charge in [-0.05, 0) is 34.1 Å². The number of aliphatic hydroxyl groups is 1. The van der Waals surface area contributed by atoms with E-state index in [1.165, 1.54) is 12.1 Å². The van der Waals surface area contributed by atoms with Crippen molar-refractivity contribution < 1.29 is 14.2 Å². The highest BCUT2D eigenvalue weighted by molar-refractivity contribution is 9.10.